The Labute approximate surface area is 110 Å². The van der Waals surface area contributed by atoms with Crippen molar-refractivity contribution in [3.8, 4) is 6.07 Å². The summed E-state index contributed by atoms with van der Waals surface area (Å²) in [6, 6.07) is 2.56. The predicted octanol–water partition coefficient (Wildman–Crippen LogP) is 2.46. The van der Waals surface area contributed by atoms with Crippen molar-refractivity contribution < 1.29 is 4.79 Å². The van der Waals surface area contributed by atoms with Crippen LogP contribution >= 0.6 is 0 Å². The van der Waals surface area contributed by atoms with Gasteiger partial charge in [0.25, 0.3) is 0 Å². The summed E-state index contributed by atoms with van der Waals surface area (Å²) >= 11 is 0. The second kappa shape index (κ2) is 5.17. The number of likely N-dealkylation sites (tertiary alicyclic amines) is 2. The lowest BCUT2D eigenvalue weighted by molar-refractivity contribution is 0.107. The van der Waals surface area contributed by atoms with E-state index in [1.165, 1.54) is 6.42 Å². The number of urea groups is 1. The zero-order valence-electron chi connectivity index (χ0n) is 11.5. The van der Waals surface area contributed by atoms with E-state index in [9.17, 15) is 4.79 Å². The lowest BCUT2D eigenvalue weighted by atomic mass is 9.82. The molecular formula is C14H23N3O. The number of nitriles is 1. The van der Waals surface area contributed by atoms with E-state index in [0.717, 1.165) is 45.4 Å². The van der Waals surface area contributed by atoms with E-state index in [-0.39, 0.29) is 11.4 Å². The summed E-state index contributed by atoms with van der Waals surface area (Å²) in [5.74, 6) is 0.622. The summed E-state index contributed by atoms with van der Waals surface area (Å²) in [6.07, 6.45) is 3.96. The Kier molecular flexibility index (Phi) is 3.79. The van der Waals surface area contributed by atoms with Crippen molar-refractivity contribution in [2.24, 2.45) is 11.3 Å². The molecule has 1 atom stereocenters. The first-order chi connectivity index (χ1) is 8.54. The van der Waals surface area contributed by atoms with Crippen LogP contribution < -0.4 is 0 Å². The van der Waals surface area contributed by atoms with Crippen LogP contribution in [0.4, 0.5) is 4.79 Å². The van der Waals surface area contributed by atoms with Crippen LogP contribution in [0.15, 0.2) is 0 Å². The maximum absolute atomic E-state index is 12.4. The molecule has 4 nitrogen and oxygen atoms in total. The molecule has 2 aliphatic rings. The highest BCUT2D eigenvalue weighted by Crippen LogP contribution is 2.30. The monoisotopic (exact) mass is 249 g/mol. The Morgan fingerprint density at radius 3 is 2.50 bits per heavy atom. The highest BCUT2D eigenvalue weighted by atomic mass is 16.2. The van der Waals surface area contributed by atoms with Gasteiger partial charge in [-0.1, -0.05) is 6.92 Å². The van der Waals surface area contributed by atoms with Crippen LogP contribution in [-0.4, -0.2) is 42.0 Å². The Balaban J connectivity index is 1.89. The van der Waals surface area contributed by atoms with Crippen molar-refractivity contribution in [3.05, 3.63) is 0 Å². The van der Waals surface area contributed by atoms with Gasteiger partial charge in [-0.3, -0.25) is 0 Å². The lowest BCUT2D eigenvalue weighted by Gasteiger charge is -2.39. The van der Waals surface area contributed by atoms with Gasteiger partial charge in [-0.2, -0.15) is 5.26 Å². The third kappa shape index (κ3) is 2.77. The van der Waals surface area contributed by atoms with Crippen molar-refractivity contribution >= 4 is 6.03 Å². The van der Waals surface area contributed by atoms with Crippen LogP contribution in [0.25, 0.3) is 0 Å². The number of carbonyl (C=O) groups is 1. The van der Waals surface area contributed by atoms with E-state index < -0.39 is 0 Å². The number of nitrogens with zero attached hydrogens (tertiary/aromatic N) is 3. The largest absolute Gasteiger partial charge is 0.325 e. The van der Waals surface area contributed by atoms with E-state index in [0.29, 0.717) is 5.92 Å². The van der Waals surface area contributed by atoms with Crippen LogP contribution in [0.5, 0.6) is 0 Å². The first-order valence-corrected chi connectivity index (χ1v) is 6.99. The highest BCUT2D eigenvalue weighted by molar-refractivity contribution is 5.74. The fraction of sp³-hybridized carbons (Fsp3) is 0.857. The average molecular weight is 249 g/mol. The summed E-state index contributed by atoms with van der Waals surface area (Å²) in [5.41, 5.74) is -0.230. The number of amides is 2. The van der Waals surface area contributed by atoms with Crippen molar-refractivity contribution in [3.63, 3.8) is 0 Å². The molecule has 2 saturated heterocycles. The zero-order chi connectivity index (χ0) is 13.2. The molecular weight excluding hydrogens is 226 g/mol. The van der Waals surface area contributed by atoms with Gasteiger partial charge in [0.1, 0.15) is 0 Å². The highest BCUT2D eigenvalue weighted by Gasteiger charge is 2.34. The molecule has 0 N–H and O–H groups in total. The second-order valence-corrected chi connectivity index (χ2v) is 6.14. The molecule has 2 aliphatic heterocycles. The summed E-state index contributed by atoms with van der Waals surface area (Å²) in [4.78, 5) is 16.3. The fourth-order valence-corrected chi connectivity index (χ4v) is 2.87. The molecule has 2 heterocycles. The van der Waals surface area contributed by atoms with Gasteiger partial charge >= 0.3 is 6.03 Å². The van der Waals surface area contributed by atoms with Gasteiger partial charge in [0, 0.05) is 26.2 Å². The standard InChI is InChI=1S/C14H23N3O/c1-12-4-3-7-17(10-12)13(18)16-8-5-14(2,11-15)6-9-16/h12H,3-10H2,1-2H3. The molecule has 0 bridgehead atoms. The molecule has 4 heteroatoms. The third-order valence-corrected chi connectivity index (χ3v) is 4.33. The molecule has 0 aromatic rings. The van der Waals surface area contributed by atoms with Crippen molar-refractivity contribution in [2.75, 3.05) is 26.2 Å². The van der Waals surface area contributed by atoms with Gasteiger partial charge in [0.2, 0.25) is 0 Å². The number of piperidine rings is 2. The molecule has 1 unspecified atom stereocenters. The SMILES string of the molecule is CC1CCCN(C(=O)N2CCC(C)(C#N)CC2)C1. The maximum atomic E-state index is 12.4. The van der Waals surface area contributed by atoms with E-state index in [2.05, 4.69) is 13.0 Å². The van der Waals surface area contributed by atoms with Crippen LogP contribution in [0.3, 0.4) is 0 Å². The first-order valence-electron chi connectivity index (χ1n) is 6.99. The average Bonchev–Trinajstić information content (AvgIpc) is 2.39. The molecule has 0 saturated carbocycles. The zero-order valence-corrected chi connectivity index (χ0v) is 11.5. The second-order valence-electron chi connectivity index (χ2n) is 6.14. The van der Waals surface area contributed by atoms with Gasteiger partial charge < -0.3 is 9.80 Å². The predicted molar refractivity (Wildman–Crippen MR) is 69.9 cm³/mol. The number of hydrogen-bond donors (Lipinski definition) is 0. The van der Waals surface area contributed by atoms with Crippen LogP contribution in [0.1, 0.15) is 39.5 Å². The van der Waals surface area contributed by atoms with Gasteiger partial charge in [0.05, 0.1) is 11.5 Å². The molecule has 2 rings (SSSR count). The van der Waals surface area contributed by atoms with E-state index >= 15 is 0 Å². The van der Waals surface area contributed by atoms with Crippen molar-refractivity contribution in [1.82, 2.24) is 9.80 Å². The quantitative estimate of drug-likeness (QED) is 0.662. The van der Waals surface area contributed by atoms with Gasteiger partial charge in [-0.25, -0.2) is 4.79 Å². The molecule has 0 spiro atoms. The minimum Gasteiger partial charge on any atom is -0.325 e. The van der Waals surface area contributed by atoms with E-state index in [1.54, 1.807) is 0 Å². The van der Waals surface area contributed by atoms with Crippen LogP contribution in [-0.2, 0) is 0 Å². The topological polar surface area (TPSA) is 47.3 Å². The van der Waals surface area contributed by atoms with Gasteiger partial charge in [-0.05, 0) is 38.5 Å². The van der Waals surface area contributed by atoms with Crippen LogP contribution in [0.2, 0.25) is 0 Å². The number of hydrogen-bond acceptors (Lipinski definition) is 2. The van der Waals surface area contributed by atoms with Gasteiger partial charge in [-0.15, -0.1) is 0 Å². The smallest absolute Gasteiger partial charge is 0.320 e. The summed E-state index contributed by atoms with van der Waals surface area (Å²) in [6.45, 7) is 7.46. The first kappa shape index (κ1) is 13.2. The molecule has 2 fully saturated rings. The van der Waals surface area contributed by atoms with Crippen molar-refractivity contribution in [2.45, 2.75) is 39.5 Å². The summed E-state index contributed by atoms with van der Waals surface area (Å²) in [5, 5.41) is 9.09. The minimum absolute atomic E-state index is 0.182. The Morgan fingerprint density at radius 2 is 1.94 bits per heavy atom. The molecule has 2 amide bonds. The summed E-state index contributed by atoms with van der Waals surface area (Å²) < 4.78 is 0. The Bertz CT molecular complexity index is 353. The number of rotatable bonds is 0. The minimum atomic E-state index is -0.230. The lowest BCUT2D eigenvalue weighted by Crippen LogP contribution is -2.50. The Morgan fingerprint density at radius 1 is 1.28 bits per heavy atom. The molecule has 18 heavy (non-hydrogen) atoms. The molecule has 100 valence electrons. The van der Waals surface area contributed by atoms with Gasteiger partial charge in [0.15, 0.2) is 0 Å². The number of carbonyl (C=O) groups excluding carboxylic acids is 1. The van der Waals surface area contributed by atoms with Crippen LogP contribution in [0, 0.1) is 22.7 Å². The Hall–Kier alpha value is -1.24. The fourth-order valence-electron chi connectivity index (χ4n) is 2.87. The molecule has 0 radical (unpaired) electrons. The molecule has 0 aliphatic carbocycles. The third-order valence-electron chi connectivity index (χ3n) is 4.33. The summed E-state index contributed by atoms with van der Waals surface area (Å²) in [7, 11) is 0. The van der Waals surface area contributed by atoms with Crippen molar-refractivity contribution in [1.29, 1.82) is 5.26 Å². The maximum Gasteiger partial charge on any atom is 0.320 e. The van der Waals surface area contributed by atoms with E-state index in [1.807, 2.05) is 16.7 Å². The normalized spacial score (nSPS) is 27.7. The molecule has 0 aromatic carbocycles. The van der Waals surface area contributed by atoms with E-state index in [4.69, 9.17) is 5.26 Å². The molecule has 0 aromatic heterocycles.